The summed E-state index contributed by atoms with van der Waals surface area (Å²) in [5.41, 5.74) is 1.01. The van der Waals surface area contributed by atoms with Crippen LogP contribution in [0.1, 0.15) is 36.0 Å². The summed E-state index contributed by atoms with van der Waals surface area (Å²) in [6.45, 7) is 1.11. The number of hydrogen-bond donors (Lipinski definition) is 2. The number of benzene rings is 1. The maximum atomic E-state index is 12.9. The van der Waals surface area contributed by atoms with Gasteiger partial charge in [0.1, 0.15) is 11.4 Å². The number of esters is 1. The van der Waals surface area contributed by atoms with Gasteiger partial charge in [0.15, 0.2) is 9.96 Å². The van der Waals surface area contributed by atoms with Gasteiger partial charge in [0.2, 0.25) is 5.95 Å². The van der Waals surface area contributed by atoms with Gasteiger partial charge in [0, 0.05) is 38.0 Å². The van der Waals surface area contributed by atoms with Crippen LogP contribution in [0.3, 0.4) is 0 Å². The molecule has 0 unspecified atom stereocenters. The largest absolute Gasteiger partial charge is 0.494 e. The monoisotopic (exact) mass is 547 g/mol. The highest BCUT2D eigenvalue weighted by Crippen LogP contribution is 2.35. The van der Waals surface area contributed by atoms with Crippen molar-refractivity contribution in [3.05, 3.63) is 35.2 Å². The smallest absolute Gasteiger partial charge is 0.342 e. The molecule has 0 atom stereocenters. The first-order chi connectivity index (χ1) is 17.7. The number of ether oxygens (including phenoxy) is 2. The Morgan fingerprint density at radius 1 is 1.08 bits per heavy atom. The number of rotatable bonds is 10. The Morgan fingerprint density at radius 3 is 2.41 bits per heavy atom. The zero-order chi connectivity index (χ0) is 26.6. The molecule has 4 rings (SSSR count). The van der Waals surface area contributed by atoms with Crippen molar-refractivity contribution >= 4 is 50.0 Å². The Bertz CT molecular complexity index is 1350. The first kappa shape index (κ1) is 27.1. The van der Waals surface area contributed by atoms with Gasteiger partial charge in [-0.3, -0.25) is 0 Å². The van der Waals surface area contributed by atoms with E-state index < -0.39 is 16.0 Å². The van der Waals surface area contributed by atoms with Crippen LogP contribution in [0, 0.1) is 11.8 Å². The van der Waals surface area contributed by atoms with E-state index in [-0.39, 0.29) is 21.4 Å². The molecule has 0 bridgehead atoms. The summed E-state index contributed by atoms with van der Waals surface area (Å²) in [5.74, 6) is 1.60. The number of carbonyl (C=O) groups excluding carboxylic acids is 1. The average Bonchev–Trinajstić information content (AvgIpc) is 3.35. The second-order valence-electron chi connectivity index (χ2n) is 9.36. The number of aromatic nitrogens is 2. The Hall–Kier alpha value is -2.96. The lowest BCUT2D eigenvalue weighted by Gasteiger charge is -2.28. The first-order valence-corrected chi connectivity index (χ1v) is 14.5. The van der Waals surface area contributed by atoms with Gasteiger partial charge >= 0.3 is 5.97 Å². The van der Waals surface area contributed by atoms with Crippen LogP contribution in [0.4, 0.5) is 11.8 Å². The van der Waals surface area contributed by atoms with Crippen LogP contribution in [0.2, 0.25) is 0 Å². The van der Waals surface area contributed by atoms with Gasteiger partial charge in [-0.15, -0.1) is 11.3 Å². The predicted octanol–water partition coefficient (Wildman–Crippen LogP) is 3.75. The standard InChI is InChI=1S/C25H33N5O5S2/c1-30(2)22-18-7-5-6-8-20(18)28-25(29-22)26-13-16-9-11-17(12-10-16)14-27-37(32,33)24-21(34-3)19(15-36-24)23(31)35-4/h5-8,15-17,27H,9-14H2,1-4H3,(H,26,28,29)/t16-,17-. The van der Waals surface area contributed by atoms with Crippen molar-refractivity contribution in [3.8, 4) is 5.75 Å². The first-order valence-electron chi connectivity index (χ1n) is 12.1. The molecule has 0 radical (unpaired) electrons. The minimum atomic E-state index is -3.81. The molecule has 37 heavy (non-hydrogen) atoms. The topological polar surface area (TPSA) is 123 Å². The third-order valence-corrected chi connectivity index (χ3v) is 9.57. The van der Waals surface area contributed by atoms with Crippen molar-refractivity contribution in [1.29, 1.82) is 0 Å². The molecule has 2 aromatic heterocycles. The minimum Gasteiger partial charge on any atom is -0.494 e. The molecule has 0 saturated heterocycles. The van der Waals surface area contributed by atoms with Crippen molar-refractivity contribution in [3.63, 3.8) is 0 Å². The number of nitrogens with one attached hydrogen (secondary N) is 2. The molecule has 12 heteroatoms. The number of anilines is 2. The van der Waals surface area contributed by atoms with E-state index >= 15 is 0 Å². The van der Waals surface area contributed by atoms with E-state index in [2.05, 4.69) is 15.0 Å². The SMILES string of the molecule is COC(=O)c1csc(S(=O)(=O)NC[C@H]2CC[C@H](CNc3nc(N(C)C)c4ccccc4n3)CC2)c1OC. The summed E-state index contributed by atoms with van der Waals surface area (Å²) in [7, 11) is 2.72. The molecule has 0 amide bonds. The van der Waals surface area contributed by atoms with Gasteiger partial charge in [0.05, 0.1) is 19.7 Å². The summed E-state index contributed by atoms with van der Waals surface area (Å²) in [5, 5.41) is 5.87. The summed E-state index contributed by atoms with van der Waals surface area (Å²) in [4.78, 5) is 23.3. The highest BCUT2D eigenvalue weighted by Gasteiger charge is 2.29. The fourth-order valence-electron chi connectivity index (χ4n) is 4.61. The third-order valence-electron chi connectivity index (χ3n) is 6.65. The molecule has 3 aromatic rings. The average molecular weight is 548 g/mol. The number of methoxy groups -OCH3 is 2. The van der Waals surface area contributed by atoms with Crippen LogP contribution in [0.25, 0.3) is 10.9 Å². The van der Waals surface area contributed by atoms with Crippen molar-refractivity contribution in [2.24, 2.45) is 11.8 Å². The van der Waals surface area contributed by atoms with Gasteiger partial charge in [-0.05, 0) is 49.7 Å². The summed E-state index contributed by atoms with van der Waals surface area (Å²) in [6.07, 6.45) is 3.82. The van der Waals surface area contributed by atoms with E-state index in [4.69, 9.17) is 14.5 Å². The Kier molecular flexibility index (Phi) is 8.50. The molecule has 1 fully saturated rings. The molecule has 2 N–H and O–H groups in total. The zero-order valence-corrected chi connectivity index (χ0v) is 23.1. The van der Waals surface area contributed by atoms with E-state index in [1.807, 2.05) is 43.3 Å². The molecular formula is C25H33N5O5S2. The van der Waals surface area contributed by atoms with E-state index in [9.17, 15) is 13.2 Å². The number of nitrogens with zero attached hydrogens (tertiary/aromatic N) is 3. The number of hydrogen-bond acceptors (Lipinski definition) is 10. The fourth-order valence-corrected chi connectivity index (χ4v) is 7.19. The molecule has 1 aliphatic rings. The van der Waals surface area contributed by atoms with E-state index in [1.54, 1.807) is 0 Å². The van der Waals surface area contributed by atoms with Crippen LogP contribution >= 0.6 is 11.3 Å². The zero-order valence-electron chi connectivity index (χ0n) is 21.5. The second-order valence-corrected chi connectivity index (χ2v) is 12.2. The van der Waals surface area contributed by atoms with Gasteiger partial charge in [-0.2, -0.15) is 4.98 Å². The Balaban J connectivity index is 1.30. The van der Waals surface area contributed by atoms with Crippen molar-refractivity contribution in [2.45, 2.75) is 29.9 Å². The Morgan fingerprint density at radius 2 is 1.76 bits per heavy atom. The lowest BCUT2D eigenvalue weighted by atomic mass is 9.82. The van der Waals surface area contributed by atoms with Crippen LogP contribution in [0.15, 0.2) is 33.9 Å². The number of para-hydroxylation sites is 1. The quantitative estimate of drug-likeness (QED) is 0.365. The summed E-state index contributed by atoms with van der Waals surface area (Å²) < 4.78 is 38.4. The van der Waals surface area contributed by atoms with Gasteiger partial charge in [-0.25, -0.2) is 22.9 Å². The molecule has 1 aliphatic carbocycles. The van der Waals surface area contributed by atoms with Crippen LogP contribution < -0.4 is 19.7 Å². The number of thiophene rings is 1. The van der Waals surface area contributed by atoms with Crippen LogP contribution in [0.5, 0.6) is 5.75 Å². The second kappa shape index (κ2) is 11.6. The van der Waals surface area contributed by atoms with Crippen molar-refractivity contribution in [2.75, 3.05) is 51.6 Å². The molecule has 0 spiro atoms. The molecule has 2 heterocycles. The van der Waals surface area contributed by atoms with Crippen molar-refractivity contribution in [1.82, 2.24) is 14.7 Å². The number of fused-ring (bicyclic) bond motifs is 1. The van der Waals surface area contributed by atoms with Crippen LogP contribution in [-0.2, 0) is 14.8 Å². The minimum absolute atomic E-state index is 0.0132. The van der Waals surface area contributed by atoms with E-state index in [1.165, 1.54) is 19.6 Å². The molecule has 1 saturated carbocycles. The van der Waals surface area contributed by atoms with Gasteiger partial charge in [-0.1, -0.05) is 12.1 Å². The van der Waals surface area contributed by atoms with Gasteiger partial charge in [0.25, 0.3) is 10.0 Å². The van der Waals surface area contributed by atoms with Crippen molar-refractivity contribution < 1.29 is 22.7 Å². The molecule has 10 nitrogen and oxygen atoms in total. The number of carbonyl (C=O) groups is 1. The lowest BCUT2D eigenvalue weighted by molar-refractivity contribution is 0.0597. The van der Waals surface area contributed by atoms with Crippen LogP contribution in [-0.4, -0.2) is 65.8 Å². The maximum absolute atomic E-state index is 12.9. The molecule has 200 valence electrons. The lowest BCUT2D eigenvalue weighted by Crippen LogP contribution is -2.32. The molecule has 1 aromatic carbocycles. The highest BCUT2D eigenvalue weighted by atomic mass is 32.2. The highest BCUT2D eigenvalue weighted by molar-refractivity contribution is 7.91. The van der Waals surface area contributed by atoms with E-state index in [0.717, 1.165) is 60.3 Å². The molecular weight excluding hydrogens is 514 g/mol. The number of sulfonamides is 1. The summed E-state index contributed by atoms with van der Waals surface area (Å²) >= 11 is 0.947. The third kappa shape index (κ3) is 6.13. The maximum Gasteiger partial charge on any atom is 0.342 e. The van der Waals surface area contributed by atoms with Gasteiger partial charge < -0.3 is 19.7 Å². The van der Waals surface area contributed by atoms with E-state index in [0.29, 0.717) is 18.4 Å². The predicted molar refractivity (Wildman–Crippen MR) is 145 cm³/mol. The fraction of sp³-hybridized carbons (Fsp3) is 0.480. The summed E-state index contributed by atoms with van der Waals surface area (Å²) in [6, 6.07) is 7.97. The molecule has 0 aliphatic heterocycles. The normalized spacial score (nSPS) is 17.9. The Labute approximate surface area is 221 Å².